The van der Waals surface area contributed by atoms with E-state index < -0.39 is 0 Å². The van der Waals surface area contributed by atoms with E-state index in [1.165, 1.54) is 18.4 Å². The van der Waals surface area contributed by atoms with E-state index in [0.29, 0.717) is 11.5 Å². The molecular weight excluding hydrogens is 186 g/mol. The van der Waals surface area contributed by atoms with Crippen LogP contribution < -0.4 is 5.32 Å². The van der Waals surface area contributed by atoms with Gasteiger partial charge < -0.3 is 10.1 Å². The SMILES string of the molecule is c1ccc(C2(COC3CNC3)CC2)cc1. The molecule has 0 radical (unpaired) electrons. The predicted molar refractivity (Wildman–Crippen MR) is 60.0 cm³/mol. The average molecular weight is 203 g/mol. The maximum Gasteiger partial charge on any atom is 0.0824 e. The van der Waals surface area contributed by atoms with E-state index in [2.05, 4.69) is 35.6 Å². The topological polar surface area (TPSA) is 21.3 Å². The number of rotatable bonds is 4. The van der Waals surface area contributed by atoms with Crippen LogP contribution in [0.2, 0.25) is 0 Å². The fourth-order valence-corrected chi connectivity index (χ4v) is 2.12. The van der Waals surface area contributed by atoms with Gasteiger partial charge in [0, 0.05) is 18.5 Å². The normalized spacial score (nSPS) is 23.5. The molecule has 0 spiro atoms. The van der Waals surface area contributed by atoms with Crippen molar-refractivity contribution in [2.24, 2.45) is 0 Å². The van der Waals surface area contributed by atoms with Crippen molar-refractivity contribution in [1.29, 1.82) is 0 Å². The third-order valence-corrected chi connectivity index (χ3v) is 3.58. The average Bonchev–Trinajstić information content (AvgIpc) is 2.98. The first kappa shape index (κ1) is 9.37. The van der Waals surface area contributed by atoms with Gasteiger partial charge in [0.15, 0.2) is 0 Å². The highest BCUT2D eigenvalue weighted by Gasteiger charge is 2.45. The van der Waals surface area contributed by atoms with Gasteiger partial charge in [-0.2, -0.15) is 0 Å². The summed E-state index contributed by atoms with van der Waals surface area (Å²) in [4.78, 5) is 0. The summed E-state index contributed by atoms with van der Waals surface area (Å²) in [5.74, 6) is 0. The smallest absolute Gasteiger partial charge is 0.0824 e. The van der Waals surface area contributed by atoms with Crippen LogP contribution in [0.5, 0.6) is 0 Å². The van der Waals surface area contributed by atoms with Crippen molar-refractivity contribution in [2.75, 3.05) is 19.7 Å². The van der Waals surface area contributed by atoms with Gasteiger partial charge in [-0.05, 0) is 18.4 Å². The molecule has 2 nitrogen and oxygen atoms in total. The maximum absolute atomic E-state index is 5.90. The summed E-state index contributed by atoms with van der Waals surface area (Å²) in [5, 5.41) is 3.23. The van der Waals surface area contributed by atoms with Gasteiger partial charge in [0.2, 0.25) is 0 Å². The summed E-state index contributed by atoms with van der Waals surface area (Å²) in [6, 6.07) is 10.8. The van der Waals surface area contributed by atoms with Gasteiger partial charge in [0.25, 0.3) is 0 Å². The van der Waals surface area contributed by atoms with E-state index in [-0.39, 0.29) is 0 Å². The minimum atomic E-state index is 0.358. The third kappa shape index (κ3) is 1.80. The van der Waals surface area contributed by atoms with Crippen LogP contribution in [0.4, 0.5) is 0 Å². The molecule has 1 aromatic carbocycles. The Hall–Kier alpha value is -0.860. The number of hydrogen-bond donors (Lipinski definition) is 1. The fraction of sp³-hybridized carbons (Fsp3) is 0.538. The van der Waals surface area contributed by atoms with Crippen molar-refractivity contribution in [3.8, 4) is 0 Å². The first-order valence-electron chi connectivity index (χ1n) is 5.77. The van der Waals surface area contributed by atoms with Gasteiger partial charge in [0.05, 0.1) is 12.7 Å². The van der Waals surface area contributed by atoms with Crippen LogP contribution >= 0.6 is 0 Å². The molecule has 0 bridgehead atoms. The molecule has 3 rings (SSSR count). The van der Waals surface area contributed by atoms with Crippen LogP contribution in [-0.4, -0.2) is 25.8 Å². The van der Waals surface area contributed by atoms with Crippen LogP contribution in [0.15, 0.2) is 30.3 Å². The van der Waals surface area contributed by atoms with Crippen molar-refractivity contribution >= 4 is 0 Å². The molecule has 1 N–H and O–H groups in total. The lowest BCUT2D eigenvalue weighted by molar-refractivity contribution is 0.00678. The molecule has 0 aromatic heterocycles. The highest BCUT2D eigenvalue weighted by Crippen LogP contribution is 2.48. The van der Waals surface area contributed by atoms with E-state index in [1.54, 1.807) is 0 Å². The van der Waals surface area contributed by atoms with Gasteiger partial charge in [-0.3, -0.25) is 0 Å². The number of benzene rings is 1. The minimum absolute atomic E-state index is 0.358. The second-order valence-corrected chi connectivity index (χ2v) is 4.74. The van der Waals surface area contributed by atoms with E-state index in [4.69, 9.17) is 4.74 Å². The highest BCUT2D eigenvalue weighted by atomic mass is 16.5. The lowest BCUT2D eigenvalue weighted by Crippen LogP contribution is -2.49. The molecule has 80 valence electrons. The third-order valence-electron chi connectivity index (χ3n) is 3.58. The Bertz CT molecular complexity index is 328. The molecule has 2 heteroatoms. The molecule has 1 saturated heterocycles. The zero-order valence-electron chi connectivity index (χ0n) is 8.91. The summed E-state index contributed by atoms with van der Waals surface area (Å²) in [6.07, 6.45) is 3.04. The largest absolute Gasteiger partial charge is 0.375 e. The standard InChI is InChI=1S/C13H17NO/c1-2-4-11(5-3-1)13(6-7-13)10-15-12-8-14-9-12/h1-5,12,14H,6-10H2. The molecule has 0 unspecified atom stereocenters. The fourth-order valence-electron chi connectivity index (χ4n) is 2.12. The molecule has 1 heterocycles. The van der Waals surface area contributed by atoms with Gasteiger partial charge in [-0.1, -0.05) is 30.3 Å². The Morgan fingerprint density at radius 1 is 1.20 bits per heavy atom. The summed E-state index contributed by atoms with van der Waals surface area (Å²) >= 11 is 0. The van der Waals surface area contributed by atoms with E-state index in [0.717, 1.165) is 19.7 Å². The second-order valence-electron chi connectivity index (χ2n) is 4.74. The van der Waals surface area contributed by atoms with Gasteiger partial charge in [0.1, 0.15) is 0 Å². The van der Waals surface area contributed by atoms with Crippen molar-refractivity contribution in [3.63, 3.8) is 0 Å². The molecule has 0 amide bonds. The van der Waals surface area contributed by atoms with Crippen molar-refractivity contribution in [1.82, 2.24) is 5.32 Å². The highest BCUT2D eigenvalue weighted by molar-refractivity contribution is 5.31. The summed E-state index contributed by atoms with van der Waals surface area (Å²) in [7, 11) is 0. The molecule has 1 aliphatic heterocycles. The zero-order chi connectivity index (χ0) is 10.1. The monoisotopic (exact) mass is 203 g/mol. The Kier molecular flexibility index (Phi) is 2.26. The van der Waals surface area contributed by atoms with Gasteiger partial charge >= 0.3 is 0 Å². The maximum atomic E-state index is 5.90. The van der Waals surface area contributed by atoms with E-state index in [9.17, 15) is 0 Å². The van der Waals surface area contributed by atoms with E-state index in [1.807, 2.05) is 0 Å². The Balaban J connectivity index is 1.63. The van der Waals surface area contributed by atoms with Crippen molar-refractivity contribution in [2.45, 2.75) is 24.4 Å². The lowest BCUT2D eigenvalue weighted by atomic mass is 9.97. The molecular formula is C13H17NO. The molecule has 1 saturated carbocycles. The predicted octanol–water partition coefficient (Wildman–Crippen LogP) is 1.71. The number of hydrogen-bond acceptors (Lipinski definition) is 2. The van der Waals surface area contributed by atoms with Crippen molar-refractivity contribution in [3.05, 3.63) is 35.9 Å². The van der Waals surface area contributed by atoms with Crippen LogP contribution in [0.3, 0.4) is 0 Å². The Labute approximate surface area is 90.6 Å². The Morgan fingerprint density at radius 3 is 2.47 bits per heavy atom. The summed E-state index contributed by atoms with van der Waals surface area (Å²) < 4.78 is 5.90. The van der Waals surface area contributed by atoms with Crippen LogP contribution in [0.1, 0.15) is 18.4 Å². The first-order valence-corrected chi connectivity index (χ1v) is 5.77. The number of ether oxygens (including phenoxy) is 1. The molecule has 1 aliphatic carbocycles. The number of nitrogens with one attached hydrogen (secondary N) is 1. The van der Waals surface area contributed by atoms with Crippen LogP contribution in [0, 0.1) is 0 Å². The minimum Gasteiger partial charge on any atom is -0.375 e. The second kappa shape index (κ2) is 3.62. The molecule has 2 fully saturated rings. The van der Waals surface area contributed by atoms with Crippen LogP contribution in [-0.2, 0) is 10.2 Å². The molecule has 2 aliphatic rings. The van der Waals surface area contributed by atoms with Crippen molar-refractivity contribution < 1.29 is 4.74 Å². The molecule has 1 aromatic rings. The summed E-state index contributed by atoms with van der Waals surface area (Å²) in [6.45, 7) is 2.97. The van der Waals surface area contributed by atoms with Gasteiger partial charge in [-0.15, -0.1) is 0 Å². The lowest BCUT2D eigenvalue weighted by Gasteiger charge is -2.29. The molecule has 0 atom stereocenters. The van der Waals surface area contributed by atoms with E-state index >= 15 is 0 Å². The molecule has 15 heavy (non-hydrogen) atoms. The van der Waals surface area contributed by atoms with Gasteiger partial charge in [-0.25, -0.2) is 0 Å². The first-order chi connectivity index (χ1) is 7.39. The quantitative estimate of drug-likeness (QED) is 0.804. The summed E-state index contributed by atoms with van der Waals surface area (Å²) in [5.41, 5.74) is 1.81. The van der Waals surface area contributed by atoms with Crippen LogP contribution in [0.25, 0.3) is 0 Å². The Morgan fingerprint density at radius 2 is 1.93 bits per heavy atom. The zero-order valence-corrected chi connectivity index (χ0v) is 8.91.